The number of carbonyl (C=O) groups is 1. The minimum absolute atomic E-state index is 0.282. The fraction of sp³-hybridized carbons (Fsp3) is 0.353. The van der Waals surface area contributed by atoms with Crippen molar-refractivity contribution in [2.75, 3.05) is 6.54 Å². The van der Waals surface area contributed by atoms with Crippen LogP contribution in [0.1, 0.15) is 24.8 Å². The molecular formula is C17H28N2O2. The quantitative estimate of drug-likeness (QED) is 0.460. The highest BCUT2D eigenvalue weighted by Gasteiger charge is 2.14. The van der Waals surface area contributed by atoms with E-state index >= 15 is 0 Å². The Morgan fingerprint density at radius 3 is 2.19 bits per heavy atom. The first-order valence-electron chi connectivity index (χ1n) is 6.90. The van der Waals surface area contributed by atoms with Gasteiger partial charge >= 0.3 is 5.97 Å². The van der Waals surface area contributed by atoms with Crippen LogP contribution < -0.4 is 11.5 Å². The molecular weight excluding hydrogens is 264 g/mol. The first-order chi connectivity index (χ1) is 10.2. The molecule has 1 aromatic rings. The lowest BCUT2D eigenvalue weighted by Crippen LogP contribution is -2.32. The summed E-state index contributed by atoms with van der Waals surface area (Å²) in [6, 6.07) is 9.02. The van der Waals surface area contributed by atoms with Gasteiger partial charge in [0.15, 0.2) is 0 Å². The van der Waals surface area contributed by atoms with Gasteiger partial charge in [0, 0.05) is 0 Å². The first-order valence-corrected chi connectivity index (χ1v) is 6.90. The Morgan fingerprint density at radius 2 is 1.67 bits per heavy atom. The highest BCUT2D eigenvalue weighted by molar-refractivity contribution is 5.75. The van der Waals surface area contributed by atoms with E-state index in [1.54, 1.807) is 0 Å². The molecule has 0 spiro atoms. The highest BCUT2D eigenvalue weighted by atomic mass is 16.5. The summed E-state index contributed by atoms with van der Waals surface area (Å²) >= 11 is 0. The van der Waals surface area contributed by atoms with Gasteiger partial charge in [-0.1, -0.05) is 36.8 Å². The normalized spacial score (nSPS) is 10.2. The topological polar surface area (TPSA) is 78.3 Å². The van der Waals surface area contributed by atoms with E-state index in [-0.39, 0.29) is 12.6 Å². The van der Waals surface area contributed by atoms with E-state index in [0.717, 1.165) is 18.4 Å². The van der Waals surface area contributed by atoms with E-state index in [0.29, 0.717) is 13.0 Å². The van der Waals surface area contributed by atoms with Crippen LogP contribution in [0.15, 0.2) is 56.6 Å². The molecule has 0 aliphatic carbocycles. The SMILES string of the molecule is C=C.C=C.NCCCC[C@H](N)C(=O)OCc1ccccc1. The van der Waals surface area contributed by atoms with E-state index in [9.17, 15) is 4.79 Å². The summed E-state index contributed by atoms with van der Waals surface area (Å²) in [5.74, 6) is -0.342. The second kappa shape index (κ2) is 16.1. The average molecular weight is 292 g/mol. The fourth-order valence-corrected chi connectivity index (χ4v) is 1.46. The van der Waals surface area contributed by atoms with Crippen molar-refractivity contribution in [2.24, 2.45) is 11.5 Å². The number of carbonyl (C=O) groups excluding carboxylic acids is 1. The summed E-state index contributed by atoms with van der Waals surface area (Å²) < 4.78 is 5.13. The maximum Gasteiger partial charge on any atom is 0.323 e. The first kappa shape index (κ1) is 21.4. The molecule has 4 N–H and O–H groups in total. The summed E-state index contributed by atoms with van der Waals surface area (Å²) in [6.07, 6.45) is 2.38. The average Bonchev–Trinajstić information content (AvgIpc) is 2.57. The Hall–Kier alpha value is -1.91. The van der Waals surface area contributed by atoms with Crippen LogP contribution in [0.5, 0.6) is 0 Å². The number of nitrogens with two attached hydrogens (primary N) is 2. The van der Waals surface area contributed by atoms with Crippen molar-refractivity contribution in [1.82, 2.24) is 0 Å². The Balaban J connectivity index is 0. The number of rotatable bonds is 7. The number of hydrogen-bond donors (Lipinski definition) is 2. The van der Waals surface area contributed by atoms with Crippen molar-refractivity contribution >= 4 is 5.97 Å². The standard InChI is InChI=1S/C13H20N2O2.2C2H4/c14-9-5-4-8-12(15)13(16)17-10-11-6-2-1-3-7-11;2*1-2/h1-3,6-7,12H,4-5,8-10,14-15H2;2*1-2H2/t12-;;/m0../s1. The van der Waals surface area contributed by atoms with Crippen molar-refractivity contribution in [1.29, 1.82) is 0 Å². The Labute approximate surface area is 128 Å². The van der Waals surface area contributed by atoms with E-state index in [2.05, 4.69) is 26.3 Å². The third kappa shape index (κ3) is 11.6. The maximum atomic E-state index is 11.5. The molecule has 0 amide bonds. The largest absolute Gasteiger partial charge is 0.460 e. The number of unbranched alkanes of at least 4 members (excludes halogenated alkanes) is 1. The Bertz CT molecular complexity index is 353. The van der Waals surface area contributed by atoms with Crippen LogP contribution in [0.3, 0.4) is 0 Å². The Kier molecular flexibility index (Phi) is 16.4. The lowest BCUT2D eigenvalue weighted by atomic mass is 10.1. The van der Waals surface area contributed by atoms with Crippen LogP contribution in [0.4, 0.5) is 0 Å². The van der Waals surface area contributed by atoms with Gasteiger partial charge in [0.05, 0.1) is 0 Å². The maximum absolute atomic E-state index is 11.5. The fourth-order valence-electron chi connectivity index (χ4n) is 1.46. The van der Waals surface area contributed by atoms with Gasteiger partial charge in [-0.05, 0) is 24.9 Å². The second-order valence-corrected chi connectivity index (χ2v) is 3.98. The van der Waals surface area contributed by atoms with Crippen molar-refractivity contribution in [3.05, 3.63) is 62.2 Å². The third-order valence-electron chi connectivity index (χ3n) is 2.50. The molecule has 1 aromatic carbocycles. The monoisotopic (exact) mass is 292 g/mol. The molecule has 1 rings (SSSR count). The number of hydrogen-bond acceptors (Lipinski definition) is 4. The molecule has 0 fully saturated rings. The molecule has 0 heterocycles. The van der Waals surface area contributed by atoms with Crippen molar-refractivity contribution in [3.63, 3.8) is 0 Å². The third-order valence-corrected chi connectivity index (χ3v) is 2.50. The molecule has 0 aromatic heterocycles. The zero-order valence-corrected chi connectivity index (χ0v) is 12.8. The molecule has 0 aliphatic heterocycles. The lowest BCUT2D eigenvalue weighted by molar-refractivity contribution is -0.146. The highest BCUT2D eigenvalue weighted by Crippen LogP contribution is 2.04. The zero-order valence-electron chi connectivity index (χ0n) is 12.8. The lowest BCUT2D eigenvalue weighted by Gasteiger charge is -2.11. The molecule has 4 nitrogen and oxygen atoms in total. The smallest absolute Gasteiger partial charge is 0.323 e. The van der Waals surface area contributed by atoms with Crippen LogP contribution in [0, 0.1) is 0 Å². The van der Waals surface area contributed by atoms with Crippen LogP contribution in [0.25, 0.3) is 0 Å². The van der Waals surface area contributed by atoms with Gasteiger partial charge in [-0.15, -0.1) is 26.3 Å². The van der Waals surface area contributed by atoms with Gasteiger partial charge in [0.1, 0.15) is 12.6 Å². The second-order valence-electron chi connectivity index (χ2n) is 3.98. The van der Waals surface area contributed by atoms with Gasteiger partial charge in [0.25, 0.3) is 0 Å². The van der Waals surface area contributed by atoms with Crippen molar-refractivity contribution in [3.8, 4) is 0 Å². The van der Waals surface area contributed by atoms with Crippen LogP contribution >= 0.6 is 0 Å². The van der Waals surface area contributed by atoms with E-state index in [1.807, 2.05) is 30.3 Å². The molecule has 0 bridgehead atoms. The summed E-state index contributed by atoms with van der Waals surface area (Å²) in [6.45, 7) is 12.9. The molecule has 118 valence electrons. The van der Waals surface area contributed by atoms with E-state index in [4.69, 9.17) is 16.2 Å². The summed E-state index contributed by atoms with van der Waals surface area (Å²) in [5, 5.41) is 0. The van der Waals surface area contributed by atoms with Crippen molar-refractivity contribution in [2.45, 2.75) is 31.9 Å². The summed E-state index contributed by atoms with van der Waals surface area (Å²) in [5.41, 5.74) is 12.0. The molecule has 1 atom stereocenters. The molecule has 0 saturated heterocycles. The summed E-state index contributed by atoms with van der Waals surface area (Å²) in [7, 11) is 0. The van der Waals surface area contributed by atoms with Gasteiger partial charge in [-0.25, -0.2) is 0 Å². The Morgan fingerprint density at radius 1 is 1.10 bits per heavy atom. The number of ether oxygens (including phenoxy) is 1. The van der Waals surface area contributed by atoms with Gasteiger partial charge in [-0.2, -0.15) is 0 Å². The van der Waals surface area contributed by atoms with E-state index < -0.39 is 6.04 Å². The number of benzene rings is 1. The minimum Gasteiger partial charge on any atom is -0.460 e. The van der Waals surface area contributed by atoms with Crippen LogP contribution in [-0.2, 0) is 16.1 Å². The van der Waals surface area contributed by atoms with Gasteiger partial charge < -0.3 is 16.2 Å². The van der Waals surface area contributed by atoms with Gasteiger partial charge in [0.2, 0.25) is 0 Å². The predicted molar refractivity (Wildman–Crippen MR) is 89.6 cm³/mol. The van der Waals surface area contributed by atoms with Crippen LogP contribution in [-0.4, -0.2) is 18.6 Å². The summed E-state index contributed by atoms with van der Waals surface area (Å²) in [4.78, 5) is 11.5. The predicted octanol–water partition coefficient (Wildman–Crippen LogP) is 2.79. The molecule has 0 saturated carbocycles. The minimum atomic E-state index is -0.537. The molecule has 0 aliphatic rings. The van der Waals surface area contributed by atoms with Gasteiger partial charge in [-0.3, -0.25) is 4.79 Å². The van der Waals surface area contributed by atoms with E-state index in [1.165, 1.54) is 0 Å². The molecule has 0 radical (unpaired) electrons. The molecule has 0 unspecified atom stereocenters. The van der Waals surface area contributed by atoms with Crippen molar-refractivity contribution < 1.29 is 9.53 Å². The zero-order chi connectivity index (χ0) is 16.5. The van der Waals surface area contributed by atoms with Crippen LogP contribution in [0.2, 0.25) is 0 Å². The number of esters is 1. The molecule has 21 heavy (non-hydrogen) atoms. The molecule has 4 heteroatoms.